The van der Waals surface area contributed by atoms with Crippen LogP contribution in [0.2, 0.25) is 0 Å². The van der Waals surface area contributed by atoms with Crippen LogP contribution in [0.1, 0.15) is 31.7 Å². The van der Waals surface area contributed by atoms with Gasteiger partial charge in [0, 0.05) is 18.7 Å². The maximum absolute atomic E-state index is 12.2. The Labute approximate surface area is 165 Å². The third kappa shape index (κ3) is 2.70. The zero-order valence-corrected chi connectivity index (χ0v) is 16.8. The van der Waals surface area contributed by atoms with E-state index in [-0.39, 0.29) is 17.9 Å². The molecule has 0 unspecified atom stereocenters. The van der Waals surface area contributed by atoms with E-state index in [2.05, 4.69) is 18.4 Å². The van der Waals surface area contributed by atoms with Crippen molar-refractivity contribution in [3.63, 3.8) is 0 Å². The average Bonchev–Trinajstić information content (AvgIpc) is 3.04. The van der Waals surface area contributed by atoms with Crippen LogP contribution in [-0.4, -0.2) is 55.0 Å². The summed E-state index contributed by atoms with van der Waals surface area (Å²) in [5.41, 5.74) is 1.74. The number of nitrogens with zero attached hydrogens (tertiary/aromatic N) is 2. The number of carbonyl (C=O) groups is 1. The summed E-state index contributed by atoms with van der Waals surface area (Å²) in [6.45, 7) is 7.84. The lowest BCUT2D eigenvalue weighted by Crippen LogP contribution is -2.60. The molecule has 2 saturated heterocycles. The van der Waals surface area contributed by atoms with Gasteiger partial charge in [-0.15, -0.1) is 0 Å². The summed E-state index contributed by atoms with van der Waals surface area (Å²) >= 11 is 0. The highest BCUT2D eigenvalue weighted by Crippen LogP contribution is 2.51. The zero-order valence-electron chi connectivity index (χ0n) is 16.8. The van der Waals surface area contributed by atoms with Gasteiger partial charge in [-0.3, -0.25) is 9.89 Å². The molecule has 3 aliphatic heterocycles. The lowest BCUT2D eigenvalue weighted by atomic mass is 9.70. The van der Waals surface area contributed by atoms with Gasteiger partial charge in [0.2, 0.25) is 0 Å². The minimum absolute atomic E-state index is 0.0226. The highest BCUT2D eigenvalue weighted by molar-refractivity contribution is 6.05. The molecule has 0 bridgehead atoms. The van der Waals surface area contributed by atoms with Gasteiger partial charge in [-0.2, -0.15) is 0 Å². The summed E-state index contributed by atoms with van der Waals surface area (Å²) in [5, 5.41) is 11.7. The van der Waals surface area contributed by atoms with E-state index in [0.717, 1.165) is 36.5 Å². The van der Waals surface area contributed by atoms with Crippen molar-refractivity contribution in [3.05, 3.63) is 35.9 Å². The van der Waals surface area contributed by atoms with Crippen LogP contribution in [0.3, 0.4) is 0 Å². The van der Waals surface area contributed by atoms with E-state index in [0.29, 0.717) is 30.1 Å². The van der Waals surface area contributed by atoms with Crippen LogP contribution in [0.15, 0.2) is 35.3 Å². The molecule has 3 heterocycles. The average molecular weight is 384 g/mol. The molecule has 1 N–H and O–H groups in total. The first kappa shape index (κ1) is 19.2. The number of hydrogen-bond acceptors (Lipinski definition) is 6. The molecule has 0 aromatic heterocycles. The van der Waals surface area contributed by atoms with Gasteiger partial charge in [0.05, 0.1) is 37.2 Å². The van der Waals surface area contributed by atoms with Crippen LogP contribution >= 0.6 is 0 Å². The fourth-order valence-electron chi connectivity index (χ4n) is 5.25. The van der Waals surface area contributed by atoms with Crippen LogP contribution < -0.4 is 4.74 Å². The van der Waals surface area contributed by atoms with Crippen LogP contribution in [0.4, 0.5) is 5.69 Å². The summed E-state index contributed by atoms with van der Waals surface area (Å²) in [4.78, 5) is 19.4. The quantitative estimate of drug-likeness (QED) is 0.638. The van der Waals surface area contributed by atoms with Crippen LogP contribution in [0.5, 0.6) is 5.75 Å². The molecule has 0 spiro atoms. The van der Waals surface area contributed by atoms with Gasteiger partial charge in [-0.05, 0) is 36.8 Å². The third-order valence-corrected chi connectivity index (χ3v) is 6.75. The number of rotatable bonds is 4. The topological polar surface area (TPSA) is 71.4 Å². The molecule has 28 heavy (non-hydrogen) atoms. The molecule has 0 radical (unpaired) electrons. The minimum Gasteiger partial charge on any atom is -0.496 e. The van der Waals surface area contributed by atoms with Crippen molar-refractivity contribution >= 4 is 17.4 Å². The van der Waals surface area contributed by atoms with Crippen molar-refractivity contribution in [3.8, 4) is 5.75 Å². The summed E-state index contributed by atoms with van der Waals surface area (Å²) < 4.78 is 10.5. The van der Waals surface area contributed by atoms with E-state index in [1.54, 1.807) is 7.11 Å². The first-order chi connectivity index (χ1) is 13.4. The summed E-state index contributed by atoms with van der Waals surface area (Å²) in [6.07, 6.45) is 2.27. The standard InChI is InChI=1S/C22H28N2O4/c1-5-14-12-24-10-9-22(26)19-16(7-6-8-18(19)27-3)23-20(22)17(24)11-15(14)13(2)21(25)28-4/h6-8,14-15,17,26H,2,5,9-12H2,1,3-4H3/t14-,15+,17-,22-/m0/s1. The molecule has 0 amide bonds. The molecule has 2 fully saturated rings. The Kier molecular flexibility index (Phi) is 4.79. The fourth-order valence-corrected chi connectivity index (χ4v) is 5.25. The second-order valence-electron chi connectivity index (χ2n) is 8.00. The Morgan fingerprint density at radius 2 is 2.21 bits per heavy atom. The second kappa shape index (κ2) is 7.01. The molecular formula is C22H28N2O4. The molecule has 1 aromatic rings. The first-order valence-corrected chi connectivity index (χ1v) is 9.94. The Bertz CT molecular complexity index is 849. The number of aliphatic imine (C=N–C) groups is 1. The normalized spacial score (nSPS) is 31.3. The van der Waals surface area contributed by atoms with E-state index < -0.39 is 5.60 Å². The van der Waals surface area contributed by atoms with Crippen molar-refractivity contribution in [2.75, 3.05) is 27.3 Å². The van der Waals surface area contributed by atoms with Crippen LogP contribution in [0, 0.1) is 11.8 Å². The number of methoxy groups -OCH3 is 2. The van der Waals surface area contributed by atoms with Gasteiger partial charge in [-0.1, -0.05) is 26.0 Å². The molecule has 4 rings (SSSR count). The van der Waals surface area contributed by atoms with Crippen molar-refractivity contribution in [1.82, 2.24) is 4.90 Å². The largest absolute Gasteiger partial charge is 0.496 e. The molecule has 0 aliphatic carbocycles. The minimum atomic E-state index is -1.11. The Morgan fingerprint density at radius 3 is 2.89 bits per heavy atom. The molecule has 1 aromatic carbocycles. The van der Waals surface area contributed by atoms with Crippen molar-refractivity contribution in [2.24, 2.45) is 16.8 Å². The third-order valence-electron chi connectivity index (χ3n) is 6.75. The summed E-state index contributed by atoms with van der Waals surface area (Å²) in [5.74, 6) is 0.688. The smallest absolute Gasteiger partial charge is 0.333 e. The number of piperidine rings is 2. The summed E-state index contributed by atoms with van der Waals surface area (Å²) in [7, 11) is 3.02. The number of esters is 1. The molecule has 150 valence electrons. The Balaban J connectivity index is 1.71. The van der Waals surface area contributed by atoms with E-state index in [9.17, 15) is 9.90 Å². The van der Waals surface area contributed by atoms with Gasteiger partial charge < -0.3 is 14.6 Å². The number of aliphatic hydroxyl groups is 1. The maximum Gasteiger partial charge on any atom is 0.333 e. The van der Waals surface area contributed by atoms with Gasteiger partial charge >= 0.3 is 5.97 Å². The lowest BCUT2D eigenvalue weighted by molar-refractivity contribution is -0.137. The van der Waals surface area contributed by atoms with E-state index in [1.165, 1.54) is 7.11 Å². The Hall–Kier alpha value is -2.18. The van der Waals surface area contributed by atoms with Gasteiger partial charge in [-0.25, -0.2) is 4.79 Å². The number of ether oxygens (including phenoxy) is 2. The molecular weight excluding hydrogens is 356 g/mol. The highest BCUT2D eigenvalue weighted by atomic mass is 16.5. The predicted molar refractivity (Wildman–Crippen MR) is 107 cm³/mol. The van der Waals surface area contributed by atoms with Crippen molar-refractivity contribution in [1.29, 1.82) is 0 Å². The molecule has 4 atom stereocenters. The predicted octanol–water partition coefficient (Wildman–Crippen LogP) is 2.82. The maximum atomic E-state index is 12.2. The van der Waals surface area contributed by atoms with Gasteiger partial charge in [0.25, 0.3) is 0 Å². The van der Waals surface area contributed by atoms with Crippen LogP contribution in [-0.2, 0) is 15.1 Å². The van der Waals surface area contributed by atoms with E-state index in [1.807, 2.05) is 18.2 Å². The van der Waals surface area contributed by atoms with E-state index in [4.69, 9.17) is 14.5 Å². The monoisotopic (exact) mass is 384 g/mol. The SMILES string of the molecule is C=C(C(=O)OC)[C@H]1C[C@H]2C3=Nc4cccc(OC)c4[C@@]3(O)CCN2C[C@@H]1CC. The van der Waals surface area contributed by atoms with Crippen molar-refractivity contribution in [2.45, 2.75) is 37.8 Å². The van der Waals surface area contributed by atoms with Gasteiger partial charge in [0.15, 0.2) is 0 Å². The Morgan fingerprint density at radius 1 is 1.43 bits per heavy atom. The molecule has 3 aliphatic rings. The lowest BCUT2D eigenvalue weighted by Gasteiger charge is -2.50. The highest BCUT2D eigenvalue weighted by Gasteiger charge is 2.54. The zero-order chi connectivity index (χ0) is 20.1. The van der Waals surface area contributed by atoms with Gasteiger partial charge in [0.1, 0.15) is 11.4 Å². The molecule has 6 nitrogen and oxygen atoms in total. The van der Waals surface area contributed by atoms with Crippen molar-refractivity contribution < 1.29 is 19.4 Å². The molecule has 0 saturated carbocycles. The fraction of sp³-hybridized carbons (Fsp3) is 0.545. The number of fused-ring (bicyclic) bond motifs is 5. The number of hydrogen-bond donors (Lipinski definition) is 1. The second-order valence-corrected chi connectivity index (χ2v) is 8.00. The number of benzene rings is 1. The number of carbonyl (C=O) groups excluding carboxylic acids is 1. The first-order valence-electron chi connectivity index (χ1n) is 9.94. The summed E-state index contributed by atoms with van der Waals surface area (Å²) in [6, 6.07) is 5.67. The van der Waals surface area contributed by atoms with Crippen LogP contribution in [0.25, 0.3) is 0 Å². The molecule has 6 heteroatoms. The van der Waals surface area contributed by atoms with E-state index >= 15 is 0 Å².